The number of nitrogens with zero attached hydrogens (tertiary/aromatic N) is 1. The van der Waals surface area contributed by atoms with Gasteiger partial charge in [-0.25, -0.2) is 5.43 Å². The van der Waals surface area contributed by atoms with Crippen LogP contribution in [0.25, 0.3) is 0 Å². The lowest BCUT2D eigenvalue weighted by atomic mass is 10.3. The van der Waals surface area contributed by atoms with Crippen LogP contribution in [0.3, 0.4) is 0 Å². The third kappa shape index (κ3) is 2.04. The van der Waals surface area contributed by atoms with E-state index in [-0.39, 0.29) is 5.91 Å². The first-order valence-corrected chi connectivity index (χ1v) is 4.33. The van der Waals surface area contributed by atoms with Crippen LogP contribution in [0, 0.1) is 0 Å². The highest BCUT2D eigenvalue weighted by atomic mass is 16.7. The summed E-state index contributed by atoms with van der Waals surface area (Å²) in [5, 5.41) is 1.29. The summed E-state index contributed by atoms with van der Waals surface area (Å²) in [4.78, 5) is 16.3. The Kier molecular flexibility index (Phi) is 2.36. The van der Waals surface area contributed by atoms with Crippen molar-refractivity contribution in [3.05, 3.63) is 42.6 Å². The number of rotatable bonds is 2. The molecule has 0 spiro atoms. The summed E-state index contributed by atoms with van der Waals surface area (Å²) in [6.07, 6.45) is 3.81. The summed E-state index contributed by atoms with van der Waals surface area (Å²) >= 11 is 0. The molecular formula is C10H10N2O2. The normalized spacial score (nSPS) is 15.1. The Hall–Kier alpha value is -1.97. The topological polar surface area (TPSA) is 41.6 Å². The Labute approximate surface area is 81.7 Å². The second kappa shape index (κ2) is 3.83. The number of hydrogen-bond donors (Lipinski definition) is 1. The average Bonchev–Trinajstić information content (AvgIpc) is 2.19. The van der Waals surface area contributed by atoms with Gasteiger partial charge in [-0.3, -0.25) is 4.79 Å². The number of carbonyl (C=O) groups excluding carboxylic acids is 1. The molecule has 0 bridgehead atoms. The van der Waals surface area contributed by atoms with E-state index in [0.717, 1.165) is 0 Å². The van der Waals surface area contributed by atoms with Gasteiger partial charge in [0, 0.05) is 6.42 Å². The van der Waals surface area contributed by atoms with E-state index in [1.54, 1.807) is 12.3 Å². The summed E-state index contributed by atoms with van der Waals surface area (Å²) in [5.74, 6) is 0.600. The molecule has 14 heavy (non-hydrogen) atoms. The van der Waals surface area contributed by atoms with Gasteiger partial charge < -0.3 is 4.84 Å². The first-order chi connectivity index (χ1) is 6.84. The van der Waals surface area contributed by atoms with Crippen LogP contribution in [0.5, 0.6) is 5.75 Å². The van der Waals surface area contributed by atoms with Gasteiger partial charge >= 0.3 is 0 Å². The molecule has 1 aliphatic heterocycles. The van der Waals surface area contributed by atoms with Gasteiger partial charge in [-0.05, 0) is 12.1 Å². The molecule has 2 rings (SSSR count). The van der Waals surface area contributed by atoms with E-state index >= 15 is 0 Å². The molecule has 4 heteroatoms. The molecule has 1 amide bonds. The maximum absolute atomic E-state index is 11.0. The predicted molar refractivity (Wildman–Crippen MR) is 50.8 cm³/mol. The molecule has 72 valence electrons. The van der Waals surface area contributed by atoms with Gasteiger partial charge in [0.05, 0.1) is 6.20 Å². The number of para-hydroxylation sites is 1. The van der Waals surface area contributed by atoms with Gasteiger partial charge in [-0.15, -0.1) is 5.17 Å². The van der Waals surface area contributed by atoms with E-state index in [0.29, 0.717) is 12.2 Å². The van der Waals surface area contributed by atoms with Crippen molar-refractivity contribution in [2.45, 2.75) is 6.42 Å². The third-order valence-electron chi connectivity index (χ3n) is 1.73. The zero-order chi connectivity index (χ0) is 9.80. The number of benzene rings is 1. The number of hydrazine groups is 1. The highest BCUT2D eigenvalue weighted by Crippen LogP contribution is 2.10. The van der Waals surface area contributed by atoms with Crippen molar-refractivity contribution in [2.24, 2.45) is 0 Å². The molecule has 0 radical (unpaired) electrons. The van der Waals surface area contributed by atoms with E-state index in [4.69, 9.17) is 4.84 Å². The first kappa shape index (κ1) is 8.62. The summed E-state index contributed by atoms with van der Waals surface area (Å²) in [6, 6.07) is 9.26. The number of hydroxylamine groups is 1. The molecule has 1 N–H and O–H groups in total. The van der Waals surface area contributed by atoms with Crippen molar-refractivity contribution >= 4 is 5.91 Å². The Morgan fingerprint density at radius 1 is 1.29 bits per heavy atom. The van der Waals surface area contributed by atoms with E-state index in [9.17, 15) is 4.79 Å². The Morgan fingerprint density at radius 2 is 2.07 bits per heavy atom. The fourth-order valence-electron chi connectivity index (χ4n) is 1.11. The molecule has 0 fully saturated rings. The van der Waals surface area contributed by atoms with E-state index in [2.05, 4.69) is 5.43 Å². The molecule has 1 aromatic carbocycles. The van der Waals surface area contributed by atoms with Crippen LogP contribution in [0.2, 0.25) is 0 Å². The minimum atomic E-state index is -0.0802. The van der Waals surface area contributed by atoms with Crippen LogP contribution in [0.15, 0.2) is 42.6 Å². The van der Waals surface area contributed by atoms with Crippen LogP contribution in [-0.4, -0.2) is 11.1 Å². The minimum Gasteiger partial charge on any atom is -0.360 e. The second-order valence-electron chi connectivity index (χ2n) is 2.85. The third-order valence-corrected chi connectivity index (χ3v) is 1.73. The van der Waals surface area contributed by atoms with Gasteiger partial charge in [0.25, 0.3) is 0 Å². The molecule has 0 saturated carbocycles. The lowest BCUT2D eigenvalue weighted by molar-refractivity contribution is -0.138. The fraction of sp³-hybridized carbons (Fsp3) is 0.100. The van der Waals surface area contributed by atoms with Crippen molar-refractivity contribution in [2.75, 3.05) is 0 Å². The van der Waals surface area contributed by atoms with Gasteiger partial charge in [0.2, 0.25) is 5.91 Å². The molecule has 0 atom stereocenters. The lowest BCUT2D eigenvalue weighted by Crippen LogP contribution is -2.42. The van der Waals surface area contributed by atoms with Crippen molar-refractivity contribution in [3.8, 4) is 5.75 Å². The molecule has 0 aliphatic carbocycles. The summed E-state index contributed by atoms with van der Waals surface area (Å²) in [6.45, 7) is 0. The highest BCUT2D eigenvalue weighted by Gasteiger charge is 2.10. The number of amides is 1. The van der Waals surface area contributed by atoms with Gasteiger partial charge in [-0.1, -0.05) is 24.3 Å². The molecular weight excluding hydrogens is 180 g/mol. The van der Waals surface area contributed by atoms with Crippen LogP contribution in [-0.2, 0) is 4.79 Å². The number of hydrogen-bond acceptors (Lipinski definition) is 3. The molecule has 0 saturated heterocycles. The molecule has 1 aliphatic rings. The van der Waals surface area contributed by atoms with Gasteiger partial charge in [0.15, 0.2) is 5.75 Å². The molecule has 1 heterocycles. The van der Waals surface area contributed by atoms with E-state index in [1.165, 1.54) is 5.17 Å². The molecule has 4 nitrogen and oxygen atoms in total. The van der Waals surface area contributed by atoms with Crippen LogP contribution < -0.4 is 10.3 Å². The van der Waals surface area contributed by atoms with E-state index < -0.39 is 0 Å². The number of carbonyl (C=O) groups is 1. The average molecular weight is 190 g/mol. The maximum Gasteiger partial charge on any atom is 0.244 e. The van der Waals surface area contributed by atoms with Crippen LogP contribution >= 0.6 is 0 Å². The molecule has 0 aromatic heterocycles. The van der Waals surface area contributed by atoms with Crippen molar-refractivity contribution in [3.63, 3.8) is 0 Å². The number of nitrogens with one attached hydrogen (secondary N) is 1. The lowest BCUT2D eigenvalue weighted by Gasteiger charge is -2.23. The van der Waals surface area contributed by atoms with Crippen LogP contribution in [0.4, 0.5) is 0 Å². The summed E-state index contributed by atoms with van der Waals surface area (Å²) in [5.41, 5.74) is 2.55. The zero-order valence-corrected chi connectivity index (χ0v) is 7.51. The fourth-order valence-corrected chi connectivity index (χ4v) is 1.11. The minimum absolute atomic E-state index is 0.0802. The van der Waals surface area contributed by atoms with Crippen LogP contribution in [0.1, 0.15) is 6.42 Å². The Bertz CT molecular complexity index is 348. The summed E-state index contributed by atoms with van der Waals surface area (Å²) in [7, 11) is 0. The SMILES string of the molecule is O=C1CC=CN(Oc2ccccc2)N1. The first-order valence-electron chi connectivity index (χ1n) is 4.33. The quantitative estimate of drug-likeness (QED) is 0.762. The summed E-state index contributed by atoms with van der Waals surface area (Å²) < 4.78 is 0. The predicted octanol–water partition coefficient (Wildman–Crippen LogP) is 1.23. The van der Waals surface area contributed by atoms with Crippen molar-refractivity contribution < 1.29 is 9.63 Å². The molecule has 0 unspecified atom stereocenters. The van der Waals surface area contributed by atoms with Crippen molar-refractivity contribution in [1.82, 2.24) is 10.6 Å². The standard InChI is InChI=1S/C10H10N2O2/c13-10-7-4-8-12(11-10)14-9-5-2-1-3-6-9/h1-6,8H,7H2,(H,11,13). The smallest absolute Gasteiger partial charge is 0.244 e. The largest absolute Gasteiger partial charge is 0.360 e. The maximum atomic E-state index is 11.0. The highest BCUT2D eigenvalue weighted by molar-refractivity contribution is 5.77. The monoisotopic (exact) mass is 190 g/mol. The second-order valence-corrected chi connectivity index (χ2v) is 2.85. The Morgan fingerprint density at radius 3 is 2.79 bits per heavy atom. The zero-order valence-electron chi connectivity index (χ0n) is 7.51. The van der Waals surface area contributed by atoms with E-state index in [1.807, 2.05) is 30.3 Å². The van der Waals surface area contributed by atoms with Crippen molar-refractivity contribution in [1.29, 1.82) is 0 Å². The molecule has 1 aromatic rings. The van der Waals surface area contributed by atoms with Gasteiger partial charge in [0.1, 0.15) is 0 Å². The Balaban J connectivity index is 2.01. The van der Waals surface area contributed by atoms with Gasteiger partial charge in [-0.2, -0.15) is 0 Å².